The molecule has 0 aromatic heterocycles. The summed E-state index contributed by atoms with van der Waals surface area (Å²) in [6.45, 7) is 3.30. The molecule has 1 aromatic rings. The summed E-state index contributed by atoms with van der Waals surface area (Å²) in [6.07, 6.45) is 0. The van der Waals surface area contributed by atoms with Gasteiger partial charge in [0.15, 0.2) is 9.84 Å². The topological polar surface area (TPSA) is 60.2 Å². The molecule has 1 aromatic carbocycles. The average Bonchev–Trinajstić information content (AvgIpc) is 2.11. The van der Waals surface area contributed by atoms with Crippen LogP contribution in [-0.4, -0.2) is 14.2 Å². The Morgan fingerprint density at radius 3 is 2.50 bits per heavy atom. The second-order valence-corrected chi connectivity index (χ2v) is 5.70. The van der Waals surface area contributed by atoms with Crippen LogP contribution < -0.4 is 5.73 Å². The van der Waals surface area contributed by atoms with Crippen LogP contribution in [-0.2, 0) is 9.84 Å². The summed E-state index contributed by atoms with van der Waals surface area (Å²) in [5, 5.41) is 0.280. The fourth-order valence-corrected chi connectivity index (χ4v) is 2.56. The minimum absolute atomic E-state index is 0.0636. The Bertz CT molecular complexity index is 454. The first-order valence-corrected chi connectivity index (χ1v) is 6.20. The van der Waals surface area contributed by atoms with E-state index in [1.807, 2.05) is 0 Å². The van der Waals surface area contributed by atoms with Crippen LogP contribution in [0.3, 0.4) is 0 Å². The lowest BCUT2D eigenvalue weighted by Gasteiger charge is -2.07. The first-order valence-electron chi connectivity index (χ1n) is 4.17. The quantitative estimate of drug-likeness (QED) is 0.796. The van der Waals surface area contributed by atoms with Gasteiger partial charge in [-0.15, -0.1) is 0 Å². The van der Waals surface area contributed by atoms with Crippen LogP contribution >= 0.6 is 11.6 Å². The van der Waals surface area contributed by atoms with Crippen LogP contribution in [0.2, 0.25) is 5.02 Å². The standard InChI is InChI=1S/C9H12ClNO2S/c1-3-14(12,13)9-5-7(10)8(11)4-6(9)2/h4-5H,3,11H2,1-2H3. The van der Waals surface area contributed by atoms with Gasteiger partial charge in [-0.05, 0) is 24.6 Å². The normalized spacial score (nSPS) is 11.6. The molecule has 1 rings (SSSR count). The fraction of sp³-hybridized carbons (Fsp3) is 0.333. The van der Waals surface area contributed by atoms with E-state index in [4.69, 9.17) is 17.3 Å². The predicted octanol–water partition coefficient (Wildman–Crippen LogP) is 2.02. The lowest BCUT2D eigenvalue weighted by molar-refractivity contribution is 0.596. The number of halogens is 1. The maximum Gasteiger partial charge on any atom is 0.178 e. The molecule has 0 radical (unpaired) electrons. The van der Waals surface area contributed by atoms with Gasteiger partial charge in [0.05, 0.1) is 21.4 Å². The number of sulfone groups is 1. The van der Waals surface area contributed by atoms with E-state index in [1.165, 1.54) is 6.07 Å². The third kappa shape index (κ3) is 2.01. The average molecular weight is 234 g/mol. The SMILES string of the molecule is CCS(=O)(=O)c1cc(Cl)c(N)cc1C. The molecule has 0 spiro atoms. The molecule has 0 bridgehead atoms. The van der Waals surface area contributed by atoms with Crippen molar-refractivity contribution in [1.82, 2.24) is 0 Å². The Hall–Kier alpha value is -0.740. The Kier molecular flexibility index (Phi) is 3.07. The summed E-state index contributed by atoms with van der Waals surface area (Å²) in [4.78, 5) is 0.263. The number of nitrogen functional groups attached to an aromatic ring is 1. The molecule has 2 N–H and O–H groups in total. The van der Waals surface area contributed by atoms with Gasteiger partial charge >= 0.3 is 0 Å². The molecule has 14 heavy (non-hydrogen) atoms. The molecular weight excluding hydrogens is 222 g/mol. The van der Waals surface area contributed by atoms with Crippen molar-refractivity contribution in [2.45, 2.75) is 18.7 Å². The first kappa shape index (κ1) is 11.3. The van der Waals surface area contributed by atoms with Gasteiger partial charge < -0.3 is 5.73 Å². The molecule has 0 aliphatic heterocycles. The van der Waals surface area contributed by atoms with Crippen LogP contribution in [0.4, 0.5) is 5.69 Å². The van der Waals surface area contributed by atoms with E-state index in [0.717, 1.165) is 0 Å². The van der Waals surface area contributed by atoms with Crippen molar-refractivity contribution >= 4 is 27.1 Å². The molecular formula is C9H12ClNO2S. The van der Waals surface area contributed by atoms with E-state index in [9.17, 15) is 8.42 Å². The summed E-state index contributed by atoms with van der Waals surface area (Å²) in [7, 11) is -3.21. The second kappa shape index (κ2) is 3.79. The van der Waals surface area contributed by atoms with Gasteiger partial charge in [0.2, 0.25) is 0 Å². The van der Waals surface area contributed by atoms with Crippen molar-refractivity contribution < 1.29 is 8.42 Å². The Morgan fingerprint density at radius 1 is 1.43 bits per heavy atom. The van der Waals surface area contributed by atoms with Crippen molar-refractivity contribution in [1.29, 1.82) is 0 Å². The Morgan fingerprint density at radius 2 is 2.00 bits per heavy atom. The highest BCUT2D eigenvalue weighted by molar-refractivity contribution is 7.91. The molecule has 78 valence electrons. The van der Waals surface area contributed by atoms with Gasteiger partial charge in [-0.2, -0.15) is 0 Å². The van der Waals surface area contributed by atoms with Crippen molar-refractivity contribution in [3.8, 4) is 0 Å². The van der Waals surface area contributed by atoms with Crippen LogP contribution in [0.15, 0.2) is 17.0 Å². The lowest BCUT2D eigenvalue weighted by Crippen LogP contribution is -2.06. The predicted molar refractivity (Wildman–Crippen MR) is 58.3 cm³/mol. The largest absolute Gasteiger partial charge is 0.398 e. The summed E-state index contributed by atoms with van der Waals surface area (Å²) in [5.74, 6) is 0.0636. The van der Waals surface area contributed by atoms with Crippen LogP contribution in [0.25, 0.3) is 0 Å². The number of benzene rings is 1. The highest BCUT2D eigenvalue weighted by Crippen LogP contribution is 2.26. The molecule has 0 unspecified atom stereocenters. The van der Waals surface area contributed by atoms with Crippen molar-refractivity contribution in [3.63, 3.8) is 0 Å². The molecule has 0 aliphatic rings. The monoisotopic (exact) mass is 233 g/mol. The third-order valence-corrected chi connectivity index (χ3v) is 4.21. The van der Waals surface area contributed by atoms with Crippen LogP contribution in [0, 0.1) is 6.92 Å². The number of anilines is 1. The van der Waals surface area contributed by atoms with Gasteiger partial charge in [0.1, 0.15) is 0 Å². The van der Waals surface area contributed by atoms with E-state index in [2.05, 4.69) is 0 Å². The third-order valence-electron chi connectivity index (χ3n) is 2.01. The molecule has 0 saturated heterocycles. The molecule has 3 nitrogen and oxygen atoms in total. The lowest BCUT2D eigenvalue weighted by atomic mass is 10.2. The number of rotatable bonds is 2. The zero-order chi connectivity index (χ0) is 10.9. The Labute approximate surface area is 88.8 Å². The van der Waals surface area contributed by atoms with Gasteiger partial charge in [-0.1, -0.05) is 18.5 Å². The van der Waals surface area contributed by atoms with Gasteiger partial charge in [0, 0.05) is 0 Å². The summed E-state index contributed by atoms with van der Waals surface area (Å²) < 4.78 is 23.2. The smallest absolute Gasteiger partial charge is 0.178 e. The molecule has 0 saturated carbocycles. The molecule has 5 heteroatoms. The van der Waals surface area contributed by atoms with Crippen LogP contribution in [0.5, 0.6) is 0 Å². The highest BCUT2D eigenvalue weighted by Gasteiger charge is 2.16. The minimum Gasteiger partial charge on any atom is -0.398 e. The summed E-state index contributed by atoms with van der Waals surface area (Å²) >= 11 is 5.76. The molecule has 0 aliphatic carbocycles. The first-order chi connectivity index (χ1) is 6.38. The molecule has 0 heterocycles. The molecule has 0 amide bonds. The number of aryl methyl sites for hydroxylation is 1. The van der Waals surface area contributed by atoms with E-state index in [0.29, 0.717) is 11.3 Å². The molecule has 0 atom stereocenters. The van der Waals surface area contributed by atoms with Gasteiger partial charge in [-0.25, -0.2) is 8.42 Å². The maximum atomic E-state index is 11.6. The number of hydrogen-bond donors (Lipinski definition) is 1. The van der Waals surface area contributed by atoms with E-state index in [1.54, 1.807) is 19.9 Å². The van der Waals surface area contributed by atoms with Crippen molar-refractivity contribution in [3.05, 3.63) is 22.7 Å². The van der Waals surface area contributed by atoms with E-state index >= 15 is 0 Å². The van der Waals surface area contributed by atoms with E-state index in [-0.39, 0.29) is 15.7 Å². The number of nitrogens with two attached hydrogens (primary N) is 1. The summed E-state index contributed by atoms with van der Waals surface area (Å²) in [5.41, 5.74) is 6.58. The number of hydrogen-bond acceptors (Lipinski definition) is 3. The maximum absolute atomic E-state index is 11.6. The van der Waals surface area contributed by atoms with Crippen LogP contribution in [0.1, 0.15) is 12.5 Å². The fourth-order valence-electron chi connectivity index (χ4n) is 1.18. The van der Waals surface area contributed by atoms with E-state index < -0.39 is 9.84 Å². The summed E-state index contributed by atoms with van der Waals surface area (Å²) in [6, 6.07) is 2.98. The zero-order valence-corrected chi connectivity index (χ0v) is 9.61. The molecule has 0 fully saturated rings. The zero-order valence-electron chi connectivity index (χ0n) is 8.04. The van der Waals surface area contributed by atoms with Gasteiger partial charge in [0.25, 0.3) is 0 Å². The van der Waals surface area contributed by atoms with Crippen molar-refractivity contribution in [2.75, 3.05) is 11.5 Å². The Balaban J connectivity index is 3.45. The highest BCUT2D eigenvalue weighted by atomic mass is 35.5. The minimum atomic E-state index is -3.21. The second-order valence-electron chi connectivity index (χ2n) is 3.04. The van der Waals surface area contributed by atoms with Gasteiger partial charge in [-0.3, -0.25) is 0 Å². The van der Waals surface area contributed by atoms with Crippen molar-refractivity contribution in [2.24, 2.45) is 0 Å².